The van der Waals surface area contributed by atoms with Crippen LogP contribution in [0.15, 0.2) is 36.4 Å². The van der Waals surface area contributed by atoms with Crippen LogP contribution in [0.5, 0.6) is 0 Å². The molecule has 4 fully saturated rings. The number of nitrogens with one attached hydrogen (secondary N) is 2. The molecule has 2 bridgehead atoms. The smallest absolute Gasteiger partial charge is 0.130 e. The number of halogens is 2. The standard InChI is InChI=1S/C29H32F2N4/c1-16-9-21-20-5-2-3-6-24(20)33-27(21)28-25-22(26-17-12-29(26,13-17)35(16)28)10-18(11-23(25)31)32-19-14-34(15-19)8-4-7-30/h2-3,5-6,10-11,16-17,19,26,28,32-33H,4,7-9,12-15H2,1H3/t16-,17?,26?,28-,29?/m1/s1. The summed E-state index contributed by atoms with van der Waals surface area (Å²) < 4.78 is 28.6. The normalized spacial score (nSPS) is 33.1. The molecule has 4 nitrogen and oxygen atoms in total. The SMILES string of the molecule is C[C@@H]1Cc2c([nH]c3ccccc23)[C@H]2c3c(F)cc(NC4CN(CCCF)C4)cc3C3C4CC3(C4)N21. The van der Waals surface area contributed by atoms with Crippen molar-refractivity contribution < 1.29 is 8.78 Å². The second kappa shape index (κ2) is 7.07. The minimum absolute atomic E-state index is 0.0393. The Morgan fingerprint density at radius 1 is 1.17 bits per heavy atom. The number of fused-ring (bicyclic) bond motifs is 7. The van der Waals surface area contributed by atoms with Crippen LogP contribution in [0.2, 0.25) is 0 Å². The van der Waals surface area contributed by atoms with Crippen LogP contribution in [-0.2, 0) is 6.42 Å². The van der Waals surface area contributed by atoms with E-state index in [9.17, 15) is 4.39 Å². The number of hydrogen-bond donors (Lipinski definition) is 2. The zero-order chi connectivity index (χ0) is 23.5. The Morgan fingerprint density at radius 2 is 2.00 bits per heavy atom. The highest BCUT2D eigenvalue weighted by Gasteiger charge is 2.73. The van der Waals surface area contributed by atoms with E-state index >= 15 is 4.39 Å². The number of anilines is 1. The molecule has 1 aromatic heterocycles. The zero-order valence-corrected chi connectivity index (χ0v) is 20.2. The van der Waals surface area contributed by atoms with Gasteiger partial charge in [-0.15, -0.1) is 0 Å². The van der Waals surface area contributed by atoms with E-state index < -0.39 is 0 Å². The minimum Gasteiger partial charge on any atom is -0.380 e. The Hall–Kier alpha value is -2.44. The summed E-state index contributed by atoms with van der Waals surface area (Å²) in [6.45, 7) is 4.70. The Kier molecular flexibility index (Phi) is 4.19. The first-order chi connectivity index (χ1) is 17.1. The van der Waals surface area contributed by atoms with Crippen molar-refractivity contribution in [3.8, 4) is 0 Å². The molecular formula is C29H32F2N4. The Bertz CT molecular complexity index is 1340. The van der Waals surface area contributed by atoms with E-state index in [1.54, 1.807) is 6.07 Å². The molecule has 2 aromatic carbocycles. The van der Waals surface area contributed by atoms with Crippen LogP contribution >= 0.6 is 0 Å². The van der Waals surface area contributed by atoms with Crippen molar-refractivity contribution in [2.24, 2.45) is 5.92 Å². The van der Waals surface area contributed by atoms with Crippen molar-refractivity contribution >= 4 is 16.6 Å². The number of para-hydroxylation sites is 1. The molecule has 1 spiro atoms. The molecular weight excluding hydrogens is 442 g/mol. The summed E-state index contributed by atoms with van der Waals surface area (Å²) in [7, 11) is 0. The van der Waals surface area contributed by atoms with Crippen molar-refractivity contribution in [2.45, 2.75) is 62.2 Å². The van der Waals surface area contributed by atoms with Gasteiger partial charge in [-0.3, -0.25) is 14.2 Å². The molecule has 1 saturated heterocycles. The molecule has 3 saturated carbocycles. The van der Waals surface area contributed by atoms with Gasteiger partial charge in [0, 0.05) is 65.0 Å². The van der Waals surface area contributed by atoms with Crippen molar-refractivity contribution in [1.29, 1.82) is 0 Å². The highest BCUT2D eigenvalue weighted by Crippen LogP contribution is 2.75. The van der Waals surface area contributed by atoms with E-state index in [2.05, 4.69) is 57.4 Å². The van der Waals surface area contributed by atoms with Gasteiger partial charge in [0.05, 0.1) is 18.8 Å². The molecule has 3 aliphatic carbocycles. The first-order valence-electron chi connectivity index (χ1n) is 13.3. The second-order valence-electron chi connectivity index (χ2n) is 11.8. The van der Waals surface area contributed by atoms with Crippen LogP contribution in [-0.4, -0.2) is 58.7 Å². The maximum absolute atomic E-state index is 16.1. The number of benzene rings is 2. The monoisotopic (exact) mass is 474 g/mol. The lowest BCUT2D eigenvalue weighted by molar-refractivity contribution is -0.209. The predicted molar refractivity (Wildman–Crippen MR) is 134 cm³/mol. The van der Waals surface area contributed by atoms with Crippen molar-refractivity contribution in [3.05, 3.63) is 64.6 Å². The molecule has 182 valence electrons. The Balaban J connectivity index is 1.20. The Labute approximate surface area is 204 Å². The maximum atomic E-state index is 16.1. The first-order valence-corrected chi connectivity index (χ1v) is 13.3. The number of aromatic nitrogens is 1. The van der Waals surface area contributed by atoms with Gasteiger partial charge in [-0.2, -0.15) is 0 Å². The second-order valence-corrected chi connectivity index (χ2v) is 11.8. The summed E-state index contributed by atoms with van der Waals surface area (Å²) in [5, 5.41) is 4.88. The molecule has 9 rings (SSSR count). The molecule has 6 heteroatoms. The number of rotatable bonds is 5. The van der Waals surface area contributed by atoms with Gasteiger partial charge in [0.1, 0.15) is 5.82 Å². The molecule has 4 heterocycles. The molecule has 1 unspecified atom stereocenters. The topological polar surface area (TPSA) is 34.3 Å². The lowest BCUT2D eigenvalue weighted by Crippen LogP contribution is -2.78. The highest BCUT2D eigenvalue weighted by molar-refractivity contribution is 5.85. The lowest BCUT2D eigenvalue weighted by atomic mass is 9.37. The number of likely N-dealkylation sites (tertiary alicyclic amines) is 1. The third-order valence-electron chi connectivity index (χ3n) is 9.87. The Morgan fingerprint density at radius 3 is 2.77 bits per heavy atom. The summed E-state index contributed by atoms with van der Waals surface area (Å²) in [5.41, 5.74) is 6.98. The van der Waals surface area contributed by atoms with Crippen LogP contribution < -0.4 is 5.32 Å². The average molecular weight is 475 g/mol. The van der Waals surface area contributed by atoms with Gasteiger partial charge in [0.2, 0.25) is 0 Å². The van der Waals surface area contributed by atoms with Gasteiger partial charge in [-0.1, -0.05) is 18.2 Å². The molecule has 3 aromatic rings. The van der Waals surface area contributed by atoms with Crippen molar-refractivity contribution in [1.82, 2.24) is 14.8 Å². The number of H-pyrrole nitrogens is 1. The lowest BCUT2D eigenvalue weighted by Gasteiger charge is -2.77. The largest absolute Gasteiger partial charge is 0.380 e. The molecule has 6 aliphatic rings. The maximum Gasteiger partial charge on any atom is 0.130 e. The average Bonchev–Trinajstić information content (AvgIpc) is 3.12. The van der Waals surface area contributed by atoms with Crippen molar-refractivity contribution in [2.75, 3.05) is 31.6 Å². The summed E-state index contributed by atoms with van der Waals surface area (Å²) in [5.74, 6) is 1.08. The summed E-state index contributed by atoms with van der Waals surface area (Å²) >= 11 is 0. The van der Waals surface area contributed by atoms with Crippen LogP contribution in [0.25, 0.3) is 10.9 Å². The van der Waals surface area contributed by atoms with Gasteiger partial charge in [0.25, 0.3) is 0 Å². The van der Waals surface area contributed by atoms with E-state index in [4.69, 9.17) is 0 Å². The minimum atomic E-state index is -0.260. The summed E-state index contributed by atoms with van der Waals surface area (Å²) in [6.07, 6.45) is 4.11. The summed E-state index contributed by atoms with van der Waals surface area (Å²) in [4.78, 5) is 8.69. The van der Waals surface area contributed by atoms with Crippen LogP contribution in [0.3, 0.4) is 0 Å². The summed E-state index contributed by atoms with van der Waals surface area (Å²) in [6, 6.07) is 13.2. The van der Waals surface area contributed by atoms with Crippen molar-refractivity contribution in [3.63, 3.8) is 0 Å². The number of aromatic amines is 1. The van der Waals surface area contributed by atoms with Gasteiger partial charge >= 0.3 is 0 Å². The third kappa shape index (κ3) is 2.62. The quantitative estimate of drug-likeness (QED) is 0.523. The molecule has 3 aliphatic heterocycles. The molecule has 3 atom stereocenters. The van der Waals surface area contributed by atoms with E-state index in [1.165, 1.54) is 35.0 Å². The molecule has 2 N–H and O–H groups in total. The van der Waals surface area contributed by atoms with Gasteiger partial charge in [-0.25, -0.2) is 4.39 Å². The van der Waals surface area contributed by atoms with E-state index in [1.807, 2.05) is 0 Å². The molecule has 0 radical (unpaired) electrons. The number of alkyl halides is 1. The fourth-order valence-electron chi connectivity index (χ4n) is 8.44. The van der Waals surface area contributed by atoms with Crippen LogP contribution in [0.1, 0.15) is 60.5 Å². The van der Waals surface area contributed by atoms with Gasteiger partial charge < -0.3 is 10.3 Å². The molecule has 35 heavy (non-hydrogen) atoms. The van der Waals surface area contributed by atoms with E-state index in [-0.39, 0.29) is 24.1 Å². The van der Waals surface area contributed by atoms with Crippen LogP contribution in [0, 0.1) is 11.7 Å². The van der Waals surface area contributed by atoms with Gasteiger partial charge in [-0.05, 0) is 67.9 Å². The fourth-order valence-corrected chi connectivity index (χ4v) is 8.44. The highest BCUT2D eigenvalue weighted by atomic mass is 19.1. The van der Waals surface area contributed by atoms with Crippen LogP contribution in [0.4, 0.5) is 14.5 Å². The number of hydrogen-bond acceptors (Lipinski definition) is 3. The van der Waals surface area contributed by atoms with Gasteiger partial charge in [0.15, 0.2) is 0 Å². The predicted octanol–water partition coefficient (Wildman–Crippen LogP) is 5.36. The fraction of sp³-hybridized carbons (Fsp3) is 0.517. The zero-order valence-electron chi connectivity index (χ0n) is 20.2. The van der Waals surface area contributed by atoms with E-state index in [0.717, 1.165) is 42.8 Å². The number of nitrogens with zero attached hydrogens (tertiary/aromatic N) is 2. The van der Waals surface area contributed by atoms with E-state index in [0.29, 0.717) is 30.3 Å². The third-order valence-corrected chi connectivity index (χ3v) is 9.87. The molecule has 0 amide bonds. The first kappa shape index (κ1) is 20.7.